The van der Waals surface area contributed by atoms with Crippen LogP contribution in [-0.4, -0.2) is 31.8 Å². The van der Waals surface area contributed by atoms with Crippen LogP contribution >= 0.6 is 15.9 Å². The third-order valence-corrected chi connectivity index (χ3v) is 5.73. The highest BCUT2D eigenvalue weighted by Gasteiger charge is 2.41. The first-order chi connectivity index (χ1) is 16.4. The first kappa shape index (κ1) is 22.0. The molecule has 0 bridgehead atoms. The van der Waals surface area contributed by atoms with Gasteiger partial charge in [-0.2, -0.15) is 0 Å². The summed E-state index contributed by atoms with van der Waals surface area (Å²) in [5, 5.41) is 15.0. The largest absolute Gasteiger partial charge is 0.489 e. The van der Waals surface area contributed by atoms with Crippen LogP contribution in [0.1, 0.15) is 12.7 Å². The SMILES string of the molecule is C[C@]1(COc2ccc(-c3cc(COc4ccc(Br)cc4)on3)cc2)Cn2cc([N+](=O)[O-])nc2O1. The highest BCUT2D eigenvalue weighted by Crippen LogP contribution is 2.32. The van der Waals surface area contributed by atoms with Crippen molar-refractivity contribution in [1.82, 2.24) is 14.7 Å². The van der Waals surface area contributed by atoms with Crippen LogP contribution in [0.3, 0.4) is 0 Å². The molecule has 0 aliphatic carbocycles. The Morgan fingerprint density at radius 2 is 1.85 bits per heavy atom. The van der Waals surface area contributed by atoms with Gasteiger partial charge in [0.1, 0.15) is 36.6 Å². The Kier molecular flexibility index (Phi) is 5.70. The second kappa shape index (κ2) is 8.82. The highest BCUT2D eigenvalue weighted by molar-refractivity contribution is 9.10. The lowest BCUT2D eigenvalue weighted by molar-refractivity contribution is -0.389. The zero-order valence-electron chi connectivity index (χ0n) is 18.0. The number of halogens is 1. The predicted octanol–water partition coefficient (Wildman–Crippen LogP) is 5.02. The van der Waals surface area contributed by atoms with Gasteiger partial charge < -0.3 is 28.8 Å². The van der Waals surface area contributed by atoms with Crippen LogP contribution in [-0.2, 0) is 13.2 Å². The van der Waals surface area contributed by atoms with Crippen LogP contribution in [0.5, 0.6) is 17.5 Å². The number of nitrogens with zero attached hydrogens (tertiary/aromatic N) is 4. The van der Waals surface area contributed by atoms with Gasteiger partial charge in [0, 0.05) is 21.1 Å². The van der Waals surface area contributed by atoms with E-state index >= 15 is 0 Å². The van der Waals surface area contributed by atoms with Gasteiger partial charge in [0.15, 0.2) is 11.4 Å². The Bertz CT molecular complexity index is 1290. The molecular weight excluding hydrogens is 508 g/mol. The Morgan fingerprint density at radius 3 is 2.56 bits per heavy atom. The molecule has 0 spiro atoms. The lowest BCUT2D eigenvalue weighted by Crippen LogP contribution is -2.38. The Balaban J connectivity index is 1.15. The van der Waals surface area contributed by atoms with Gasteiger partial charge in [-0.25, -0.2) is 0 Å². The molecule has 0 radical (unpaired) electrons. The number of hydrogen-bond donors (Lipinski definition) is 0. The van der Waals surface area contributed by atoms with E-state index < -0.39 is 10.5 Å². The van der Waals surface area contributed by atoms with E-state index in [1.54, 1.807) is 4.57 Å². The average molecular weight is 527 g/mol. The number of nitro groups is 1. The Labute approximate surface area is 202 Å². The van der Waals surface area contributed by atoms with Crippen LogP contribution in [0.15, 0.2) is 69.8 Å². The van der Waals surface area contributed by atoms with E-state index in [1.807, 2.05) is 61.5 Å². The van der Waals surface area contributed by atoms with E-state index in [4.69, 9.17) is 18.7 Å². The minimum Gasteiger partial charge on any atom is -0.489 e. The molecule has 174 valence electrons. The van der Waals surface area contributed by atoms with Gasteiger partial charge in [-0.1, -0.05) is 21.1 Å². The van der Waals surface area contributed by atoms with E-state index in [1.165, 1.54) is 6.20 Å². The van der Waals surface area contributed by atoms with Crippen molar-refractivity contribution < 1.29 is 23.7 Å². The van der Waals surface area contributed by atoms with Crippen molar-refractivity contribution in [2.45, 2.75) is 25.7 Å². The van der Waals surface area contributed by atoms with Gasteiger partial charge in [0.25, 0.3) is 0 Å². The van der Waals surface area contributed by atoms with Crippen molar-refractivity contribution in [3.8, 4) is 28.8 Å². The molecule has 5 rings (SSSR count). The van der Waals surface area contributed by atoms with Gasteiger partial charge in [0.05, 0.1) is 6.54 Å². The second-order valence-corrected chi connectivity index (χ2v) is 8.97. The third kappa shape index (κ3) is 4.74. The Hall–Kier alpha value is -3.86. The quantitative estimate of drug-likeness (QED) is 0.232. The molecule has 2 aromatic carbocycles. The van der Waals surface area contributed by atoms with Crippen molar-refractivity contribution >= 4 is 21.7 Å². The van der Waals surface area contributed by atoms with Gasteiger partial charge in [-0.05, 0) is 60.4 Å². The van der Waals surface area contributed by atoms with Gasteiger partial charge in [-0.15, -0.1) is 0 Å². The summed E-state index contributed by atoms with van der Waals surface area (Å²) in [7, 11) is 0. The van der Waals surface area contributed by atoms with Crippen LogP contribution in [0.25, 0.3) is 11.3 Å². The molecule has 1 atom stereocenters. The van der Waals surface area contributed by atoms with Crippen molar-refractivity contribution in [2.24, 2.45) is 0 Å². The molecule has 0 saturated carbocycles. The zero-order chi connectivity index (χ0) is 23.7. The first-order valence-corrected chi connectivity index (χ1v) is 11.1. The second-order valence-electron chi connectivity index (χ2n) is 8.05. The lowest BCUT2D eigenvalue weighted by atomic mass is 10.1. The van der Waals surface area contributed by atoms with Crippen molar-refractivity contribution in [3.05, 3.63) is 81.1 Å². The molecule has 0 unspecified atom stereocenters. The fourth-order valence-corrected chi connectivity index (χ4v) is 3.78. The van der Waals surface area contributed by atoms with Crippen LogP contribution in [0, 0.1) is 10.1 Å². The number of imidazole rings is 1. The lowest BCUT2D eigenvalue weighted by Gasteiger charge is -2.22. The van der Waals surface area contributed by atoms with Crippen LogP contribution < -0.4 is 14.2 Å². The van der Waals surface area contributed by atoms with E-state index in [9.17, 15) is 10.1 Å². The molecule has 4 aromatic rings. The number of fused-ring (bicyclic) bond motifs is 1. The molecule has 0 N–H and O–H groups in total. The summed E-state index contributed by atoms with van der Waals surface area (Å²) in [6, 6.07) is 17.1. The van der Waals surface area contributed by atoms with Crippen molar-refractivity contribution in [3.63, 3.8) is 0 Å². The number of rotatable bonds is 8. The van der Waals surface area contributed by atoms with Crippen molar-refractivity contribution in [1.29, 1.82) is 0 Å². The summed E-state index contributed by atoms with van der Waals surface area (Å²) in [6.07, 6.45) is 1.37. The van der Waals surface area contributed by atoms with E-state index in [0.29, 0.717) is 23.7 Å². The maximum Gasteiger partial charge on any atom is 0.415 e. The first-order valence-electron chi connectivity index (χ1n) is 10.3. The minimum absolute atomic E-state index is 0.221. The normalized spacial score (nSPS) is 16.6. The maximum atomic E-state index is 10.8. The number of ether oxygens (including phenoxy) is 3. The fourth-order valence-electron chi connectivity index (χ4n) is 3.52. The van der Waals surface area contributed by atoms with Gasteiger partial charge >= 0.3 is 11.8 Å². The summed E-state index contributed by atoms with van der Waals surface area (Å²) in [5.74, 6) is 1.78. The van der Waals surface area contributed by atoms with E-state index in [0.717, 1.165) is 15.8 Å². The summed E-state index contributed by atoms with van der Waals surface area (Å²) in [4.78, 5) is 14.2. The number of aromatic nitrogens is 3. The van der Waals surface area contributed by atoms with Gasteiger partial charge in [-0.3, -0.25) is 4.57 Å². The topological polar surface area (TPSA) is 115 Å². The summed E-state index contributed by atoms with van der Waals surface area (Å²) in [6.45, 7) is 2.81. The smallest absolute Gasteiger partial charge is 0.415 e. The van der Waals surface area contributed by atoms with Crippen molar-refractivity contribution in [2.75, 3.05) is 6.61 Å². The molecule has 11 heteroatoms. The maximum absolute atomic E-state index is 10.8. The molecule has 34 heavy (non-hydrogen) atoms. The summed E-state index contributed by atoms with van der Waals surface area (Å²) in [5.41, 5.74) is 0.896. The fraction of sp³-hybridized carbons (Fsp3) is 0.217. The van der Waals surface area contributed by atoms with Gasteiger partial charge in [0.2, 0.25) is 0 Å². The van der Waals surface area contributed by atoms with Crippen LogP contribution in [0.4, 0.5) is 5.82 Å². The monoisotopic (exact) mass is 526 g/mol. The molecule has 1 aliphatic heterocycles. The molecular formula is C23H19BrN4O6. The highest BCUT2D eigenvalue weighted by atomic mass is 79.9. The summed E-state index contributed by atoms with van der Waals surface area (Å²) >= 11 is 3.39. The summed E-state index contributed by atoms with van der Waals surface area (Å²) < 4.78 is 25.4. The molecule has 1 aliphatic rings. The minimum atomic E-state index is -0.675. The molecule has 0 amide bonds. The zero-order valence-corrected chi connectivity index (χ0v) is 19.6. The number of hydrogen-bond acceptors (Lipinski definition) is 8. The number of benzene rings is 2. The van der Waals surface area contributed by atoms with E-state index in [-0.39, 0.29) is 25.0 Å². The molecule has 3 heterocycles. The molecule has 0 fully saturated rings. The molecule has 2 aromatic heterocycles. The third-order valence-electron chi connectivity index (χ3n) is 5.20. The molecule has 0 saturated heterocycles. The van der Waals surface area contributed by atoms with Crippen LogP contribution in [0.2, 0.25) is 0 Å². The average Bonchev–Trinajstić information content (AvgIpc) is 3.52. The standard InChI is InChI=1S/C23H19BrN4O6/c1-23(13-27-11-21(28(29)30)25-22(27)33-23)14-32-18-6-2-15(3-7-18)20-10-19(34-26-20)12-31-17-8-4-16(24)5-9-17/h2-11H,12-14H2,1H3/t23-/m1/s1. The molecule has 10 nitrogen and oxygen atoms in total. The Morgan fingerprint density at radius 1 is 1.15 bits per heavy atom. The predicted molar refractivity (Wildman–Crippen MR) is 124 cm³/mol. The van der Waals surface area contributed by atoms with E-state index in [2.05, 4.69) is 26.1 Å².